The Labute approximate surface area is 118 Å². The molecule has 0 aromatic carbocycles. The van der Waals surface area contributed by atoms with E-state index in [1.165, 1.54) is 0 Å². The average molecular weight is 387 g/mol. The second kappa shape index (κ2) is 22.4. The summed E-state index contributed by atoms with van der Waals surface area (Å²) in [4.78, 5) is 0. The van der Waals surface area contributed by atoms with Crippen LogP contribution in [0.3, 0.4) is 0 Å². The number of ether oxygens (including phenoxy) is 2. The van der Waals surface area contributed by atoms with Crippen molar-refractivity contribution in [2.45, 2.75) is 0 Å². The minimum absolute atomic E-state index is 0. The minimum Gasteiger partial charge on any atom is -1.00 e. The van der Waals surface area contributed by atoms with E-state index in [9.17, 15) is 0 Å². The zero-order chi connectivity index (χ0) is 4.83. The second-order valence-corrected chi connectivity index (χ2v) is 0.986. The molecule has 0 bridgehead atoms. The molecule has 9 heavy (non-hydrogen) atoms. The minimum atomic E-state index is 0. The van der Waals surface area contributed by atoms with Gasteiger partial charge in [-0.15, -0.1) is 0 Å². The Morgan fingerprint density at radius 3 is 1.22 bits per heavy atom. The summed E-state index contributed by atoms with van der Waals surface area (Å²) in [7, 11) is 3.30. The fourth-order valence-electron chi connectivity index (χ4n) is 0.167. The molecule has 54 valence electrons. The molecule has 0 aromatic heterocycles. The van der Waals surface area contributed by atoms with Crippen molar-refractivity contribution in [1.82, 2.24) is 0 Å². The zero-order valence-electron chi connectivity index (χ0n) is 5.69. The maximum atomic E-state index is 4.66. The maximum absolute atomic E-state index is 4.66. The van der Waals surface area contributed by atoms with Crippen molar-refractivity contribution < 1.29 is 43.4 Å². The Hall–Kier alpha value is 2.45. The number of hydrogen-bond donors (Lipinski definition) is 0. The van der Waals surface area contributed by atoms with Crippen molar-refractivity contribution >= 4 is 48.9 Å². The Morgan fingerprint density at radius 2 is 1.11 bits per heavy atom. The summed E-state index contributed by atoms with van der Waals surface area (Å²) in [5.41, 5.74) is 0. The molecular formula is C4H10BaBr2O2. The largest absolute Gasteiger partial charge is 2.00 e. The molecule has 2 nitrogen and oxygen atoms in total. The third kappa shape index (κ3) is 25.1. The Kier molecular flexibility index (Phi) is 56.1. The quantitative estimate of drug-likeness (QED) is 0.355. The van der Waals surface area contributed by atoms with Crippen LogP contribution in [0.2, 0.25) is 0 Å². The van der Waals surface area contributed by atoms with Gasteiger partial charge in [0.15, 0.2) is 0 Å². The van der Waals surface area contributed by atoms with Crippen LogP contribution >= 0.6 is 0 Å². The number of halogens is 2. The molecule has 0 saturated carbocycles. The van der Waals surface area contributed by atoms with E-state index in [0.29, 0.717) is 13.2 Å². The number of methoxy groups -OCH3 is 2. The first-order valence-electron chi connectivity index (χ1n) is 1.89. The molecule has 0 atom stereocenters. The first-order chi connectivity index (χ1) is 2.91. The number of hydrogen-bond acceptors (Lipinski definition) is 2. The summed E-state index contributed by atoms with van der Waals surface area (Å²) in [5, 5.41) is 0. The van der Waals surface area contributed by atoms with Gasteiger partial charge in [-0.05, 0) is 0 Å². The van der Waals surface area contributed by atoms with Gasteiger partial charge in [0.25, 0.3) is 0 Å². The first kappa shape index (κ1) is 22.5. The molecule has 5 heteroatoms. The third-order valence-electron chi connectivity index (χ3n) is 0.492. The van der Waals surface area contributed by atoms with E-state index in [1.807, 2.05) is 0 Å². The van der Waals surface area contributed by atoms with Crippen LogP contribution in [0.4, 0.5) is 0 Å². The molecule has 0 N–H and O–H groups in total. The second-order valence-electron chi connectivity index (χ2n) is 0.986. The van der Waals surface area contributed by atoms with Gasteiger partial charge in [0.1, 0.15) is 0 Å². The Morgan fingerprint density at radius 1 is 0.889 bits per heavy atom. The molecule has 0 radical (unpaired) electrons. The van der Waals surface area contributed by atoms with Crippen LogP contribution < -0.4 is 34.0 Å². The molecule has 0 aromatic rings. The van der Waals surface area contributed by atoms with E-state index in [4.69, 9.17) is 0 Å². The van der Waals surface area contributed by atoms with Crippen LogP contribution in [0.1, 0.15) is 0 Å². The molecule has 0 saturated heterocycles. The van der Waals surface area contributed by atoms with Crippen molar-refractivity contribution in [2.24, 2.45) is 0 Å². The molecule has 0 fully saturated rings. The molecule has 0 aliphatic carbocycles. The fourth-order valence-corrected chi connectivity index (χ4v) is 0.167. The van der Waals surface area contributed by atoms with Crippen LogP contribution in [0.5, 0.6) is 0 Å². The summed E-state index contributed by atoms with van der Waals surface area (Å²) in [5.74, 6) is 0. The standard InChI is InChI=1S/C4H10O2.Ba.2BrH/c1-5-3-4-6-2;;;/h3-4H2,1-2H3;;2*1H/q;+2;;/p-2. The van der Waals surface area contributed by atoms with E-state index in [1.54, 1.807) is 14.2 Å². The van der Waals surface area contributed by atoms with E-state index >= 15 is 0 Å². The van der Waals surface area contributed by atoms with E-state index in [0.717, 1.165) is 0 Å². The van der Waals surface area contributed by atoms with Gasteiger partial charge in [0.05, 0.1) is 13.2 Å². The van der Waals surface area contributed by atoms with E-state index in [2.05, 4.69) is 9.47 Å². The maximum Gasteiger partial charge on any atom is 2.00 e. The monoisotopic (exact) mass is 386 g/mol. The molecule has 0 aliphatic heterocycles. The van der Waals surface area contributed by atoms with Gasteiger partial charge >= 0.3 is 48.9 Å². The van der Waals surface area contributed by atoms with Crippen LogP contribution in [-0.2, 0) is 9.47 Å². The topological polar surface area (TPSA) is 18.5 Å². The Balaban J connectivity index is -0.0000000417. The van der Waals surface area contributed by atoms with Gasteiger partial charge in [0, 0.05) is 14.2 Å². The van der Waals surface area contributed by atoms with Crippen molar-refractivity contribution in [3.63, 3.8) is 0 Å². The van der Waals surface area contributed by atoms with Crippen molar-refractivity contribution in [3.05, 3.63) is 0 Å². The molecule has 0 spiro atoms. The summed E-state index contributed by atoms with van der Waals surface area (Å²) in [6.45, 7) is 1.38. The van der Waals surface area contributed by atoms with Crippen LogP contribution in [0.25, 0.3) is 0 Å². The van der Waals surface area contributed by atoms with Crippen molar-refractivity contribution in [2.75, 3.05) is 27.4 Å². The van der Waals surface area contributed by atoms with Crippen molar-refractivity contribution in [3.8, 4) is 0 Å². The fraction of sp³-hybridized carbons (Fsp3) is 1.00. The van der Waals surface area contributed by atoms with Crippen LogP contribution in [0, 0.1) is 0 Å². The third-order valence-corrected chi connectivity index (χ3v) is 0.492. The summed E-state index contributed by atoms with van der Waals surface area (Å²) < 4.78 is 9.31. The van der Waals surface area contributed by atoms with Gasteiger partial charge in [-0.3, -0.25) is 0 Å². The van der Waals surface area contributed by atoms with E-state index < -0.39 is 0 Å². The van der Waals surface area contributed by atoms with Crippen LogP contribution in [0.15, 0.2) is 0 Å². The van der Waals surface area contributed by atoms with Crippen LogP contribution in [-0.4, -0.2) is 76.3 Å². The molecular weight excluding hydrogens is 377 g/mol. The Bertz CT molecular complexity index is 28.5. The van der Waals surface area contributed by atoms with Gasteiger partial charge in [0.2, 0.25) is 0 Å². The normalized spacial score (nSPS) is 6.00. The SMILES string of the molecule is COCCOC.[Ba+2].[Br-].[Br-]. The summed E-state index contributed by atoms with van der Waals surface area (Å²) >= 11 is 0. The smallest absolute Gasteiger partial charge is 1.00 e. The summed E-state index contributed by atoms with van der Waals surface area (Å²) in [6.07, 6.45) is 0. The molecule has 0 unspecified atom stereocenters. The van der Waals surface area contributed by atoms with Gasteiger partial charge in [-0.1, -0.05) is 0 Å². The predicted octanol–water partition coefficient (Wildman–Crippen LogP) is -6.09. The summed E-state index contributed by atoms with van der Waals surface area (Å²) in [6, 6.07) is 0. The molecule has 0 aliphatic rings. The first-order valence-corrected chi connectivity index (χ1v) is 1.89. The molecule has 0 rings (SSSR count). The van der Waals surface area contributed by atoms with E-state index in [-0.39, 0.29) is 82.8 Å². The molecule has 0 amide bonds. The van der Waals surface area contributed by atoms with Gasteiger partial charge in [-0.25, -0.2) is 0 Å². The van der Waals surface area contributed by atoms with Gasteiger partial charge < -0.3 is 43.4 Å². The predicted molar refractivity (Wildman–Crippen MR) is 29.5 cm³/mol. The van der Waals surface area contributed by atoms with Crippen molar-refractivity contribution in [1.29, 1.82) is 0 Å². The number of rotatable bonds is 3. The average Bonchev–Trinajstić information content (AvgIpc) is 1.61. The van der Waals surface area contributed by atoms with Gasteiger partial charge in [-0.2, -0.15) is 0 Å². The zero-order valence-corrected chi connectivity index (χ0v) is 13.3. The molecule has 0 heterocycles.